The summed E-state index contributed by atoms with van der Waals surface area (Å²) in [5, 5.41) is 9.14. The van der Waals surface area contributed by atoms with Crippen LogP contribution >= 0.6 is 0 Å². The van der Waals surface area contributed by atoms with E-state index in [0.717, 1.165) is 13.1 Å². The van der Waals surface area contributed by atoms with E-state index < -0.39 is 0 Å². The van der Waals surface area contributed by atoms with Crippen LogP contribution in [0.1, 0.15) is 11.6 Å². The molecular weight excluding hydrogens is 218 g/mol. The Morgan fingerprint density at radius 2 is 2.29 bits per heavy atom. The zero-order valence-electron chi connectivity index (χ0n) is 9.83. The molecular formula is C12H19N3O2. The standard InChI is InChI=1S/C12H19N3O2/c13-7-12(10-1-3-14-4-2-10)15-5-6-17-11(8-15)9-16/h1-4,11-12,16H,5-9,13H2. The Labute approximate surface area is 101 Å². The maximum absolute atomic E-state index is 9.14. The molecule has 17 heavy (non-hydrogen) atoms. The van der Waals surface area contributed by atoms with Crippen molar-refractivity contribution in [3.8, 4) is 0 Å². The van der Waals surface area contributed by atoms with Crippen molar-refractivity contribution >= 4 is 0 Å². The van der Waals surface area contributed by atoms with Gasteiger partial charge in [0.1, 0.15) is 0 Å². The molecule has 1 aliphatic rings. The van der Waals surface area contributed by atoms with Gasteiger partial charge in [0.05, 0.1) is 19.3 Å². The predicted octanol–water partition coefficient (Wildman–Crippen LogP) is -0.226. The summed E-state index contributed by atoms with van der Waals surface area (Å²) in [4.78, 5) is 6.28. The van der Waals surface area contributed by atoms with Gasteiger partial charge in [-0.25, -0.2) is 0 Å². The number of hydrogen-bond donors (Lipinski definition) is 2. The minimum Gasteiger partial charge on any atom is -0.394 e. The monoisotopic (exact) mass is 237 g/mol. The van der Waals surface area contributed by atoms with Crippen molar-refractivity contribution < 1.29 is 9.84 Å². The number of pyridine rings is 1. The average molecular weight is 237 g/mol. The van der Waals surface area contributed by atoms with Gasteiger partial charge in [0, 0.05) is 38.1 Å². The van der Waals surface area contributed by atoms with Crippen LogP contribution < -0.4 is 5.73 Å². The number of aliphatic hydroxyl groups excluding tert-OH is 1. The highest BCUT2D eigenvalue weighted by molar-refractivity contribution is 5.15. The number of hydrogen-bond acceptors (Lipinski definition) is 5. The minimum absolute atomic E-state index is 0.0597. The summed E-state index contributed by atoms with van der Waals surface area (Å²) in [5.41, 5.74) is 7.02. The lowest BCUT2D eigenvalue weighted by molar-refractivity contribution is -0.0643. The number of nitrogens with two attached hydrogens (primary N) is 1. The number of ether oxygens (including phenoxy) is 1. The largest absolute Gasteiger partial charge is 0.394 e. The summed E-state index contributed by atoms with van der Waals surface area (Å²) in [6.07, 6.45) is 3.46. The van der Waals surface area contributed by atoms with Crippen molar-refractivity contribution in [2.24, 2.45) is 5.73 Å². The smallest absolute Gasteiger partial charge is 0.0933 e. The van der Waals surface area contributed by atoms with Gasteiger partial charge < -0.3 is 15.6 Å². The maximum Gasteiger partial charge on any atom is 0.0933 e. The van der Waals surface area contributed by atoms with E-state index in [1.54, 1.807) is 12.4 Å². The van der Waals surface area contributed by atoms with Crippen LogP contribution in [0, 0.1) is 0 Å². The molecule has 3 N–H and O–H groups in total. The molecule has 2 heterocycles. The second-order valence-corrected chi connectivity index (χ2v) is 4.20. The summed E-state index contributed by atoms with van der Waals surface area (Å²) in [5.74, 6) is 0. The first-order valence-electron chi connectivity index (χ1n) is 5.91. The van der Waals surface area contributed by atoms with Crippen LogP contribution in [-0.4, -0.2) is 53.9 Å². The Kier molecular flexibility index (Phi) is 4.44. The average Bonchev–Trinajstić information content (AvgIpc) is 2.41. The van der Waals surface area contributed by atoms with Crippen LogP contribution in [0.2, 0.25) is 0 Å². The molecule has 5 nitrogen and oxygen atoms in total. The number of rotatable bonds is 4. The van der Waals surface area contributed by atoms with Gasteiger partial charge in [-0.1, -0.05) is 0 Å². The number of nitrogens with zero attached hydrogens (tertiary/aromatic N) is 2. The van der Waals surface area contributed by atoms with E-state index in [0.29, 0.717) is 13.2 Å². The van der Waals surface area contributed by atoms with E-state index >= 15 is 0 Å². The maximum atomic E-state index is 9.14. The summed E-state index contributed by atoms with van der Waals surface area (Å²) in [7, 11) is 0. The molecule has 94 valence electrons. The fourth-order valence-corrected chi connectivity index (χ4v) is 2.22. The molecule has 0 bridgehead atoms. The van der Waals surface area contributed by atoms with Crippen LogP contribution in [0.15, 0.2) is 24.5 Å². The minimum atomic E-state index is -0.0976. The Hall–Kier alpha value is -1.01. The summed E-state index contributed by atoms with van der Waals surface area (Å²) < 4.78 is 5.44. The second kappa shape index (κ2) is 6.07. The molecule has 2 rings (SSSR count). The summed E-state index contributed by atoms with van der Waals surface area (Å²) in [6, 6.07) is 4.15. The van der Waals surface area contributed by atoms with Crippen LogP contribution in [-0.2, 0) is 4.74 Å². The van der Waals surface area contributed by atoms with Crippen molar-refractivity contribution in [3.63, 3.8) is 0 Å². The van der Waals surface area contributed by atoms with Crippen molar-refractivity contribution in [2.45, 2.75) is 12.1 Å². The van der Waals surface area contributed by atoms with E-state index in [2.05, 4.69) is 9.88 Å². The van der Waals surface area contributed by atoms with Gasteiger partial charge in [0.15, 0.2) is 0 Å². The van der Waals surface area contributed by atoms with Crippen LogP contribution in [0.4, 0.5) is 0 Å². The highest BCUT2D eigenvalue weighted by Crippen LogP contribution is 2.21. The van der Waals surface area contributed by atoms with Gasteiger partial charge >= 0.3 is 0 Å². The van der Waals surface area contributed by atoms with Crippen molar-refractivity contribution in [3.05, 3.63) is 30.1 Å². The van der Waals surface area contributed by atoms with Crippen LogP contribution in [0.3, 0.4) is 0 Å². The molecule has 1 aromatic rings. The van der Waals surface area contributed by atoms with E-state index in [1.165, 1.54) is 5.56 Å². The quantitative estimate of drug-likeness (QED) is 0.757. The lowest BCUT2D eigenvalue weighted by Crippen LogP contribution is -2.47. The molecule has 2 unspecified atom stereocenters. The zero-order chi connectivity index (χ0) is 12.1. The molecule has 0 amide bonds. The van der Waals surface area contributed by atoms with Gasteiger partial charge in [-0.15, -0.1) is 0 Å². The van der Waals surface area contributed by atoms with E-state index in [1.807, 2.05) is 12.1 Å². The Morgan fingerprint density at radius 1 is 1.53 bits per heavy atom. The van der Waals surface area contributed by atoms with E-state index in [9.17, 15) is 0 Å². The number of aliphatic hydroxyl groups is 1. The Bertz CT molecular complexity index is 334. The molecule has 1 aliphatic heterocycles. The summed E-state index contributed by atoms with van der Waals surface area (Å²) >= 11 is 0. The SMILES string of the molecule is NCC(c1ccncc1)N1CCOC(CO)C1. The molecule has 0 spiro atoms. The first-order valence-corrected chi connectivity index (χ1v) is 5.91. The molecule has 0 aromatic carbocycles. The third-order valence-electron chi connectivity index (χ3n) is 3.13. The topological polar surface area (TPSA) is 71.6 Å². The Balaban J connectivity index is 2.08. The third kappa shape index (κ3) is 3.01. The number of aromatic nitrogens is 1. The molecule has 5 heteroatoms. The molecule has 1 saturated heterocycles. The molecule has 0 radical (unpaired) electrons. The fourth-order valence-electron chi connectivity index (χ4n) is 2.22. The van der Waals surface area contributed by atoms with E-state index in [-0.39, 0.29) is 18.8 Å². The first kappa shape index (κ1) is 12.4. The van der Waals surface area contributed by atoms with E-state index in [4.69, 9.17) is 15.6 Å². The molecule has 1 fully saturated rings. The Morgan fingerprint density at radius 3 is 2.94 bits per heavy atom. The third-order valence-corrected chi connectivity index (χ3v) is 3.13. The fraction of sp³-hybridized carbons (Fsp3) is 0.583. The highest BCUT2D eigenvalue weighted by atomic mass is 16.5. The lowest BCUT2D eigenvalue weighted by Gasteiger charge is -2.37. The highest BCUT2D eigenvalue weighted by Gasteiger charge is 2.26. The molecule has 1 aromatic heterocycles. The van der Waals surface area contributed by atoms with Crippen molar-refractivity contribution in [1.29, 1.82) is 0 Å². The van der Waals surface area contributed by atoms with Gasteiger partial charge in [-0.05, 0) is 17.7 Å². The molecule has 0 saturated carbocycles. The zero-order valence-corrected chi connectivity index (χ0v) is 9.83. The normalized spacial score (nSPS) is 23.5. The van der Waals surface area contributed by atoms with Gasteiger partial charge in [0.2, 0.25) is 0 Å². The number of morpholine rings is 1. The second-order valence-electron chi connectivity index (χ2n) is 4.20. The van der Waals surface area contributed by atoms with Crippen LogP contribution in [0.5, 0.6) is 0 Å². The van der Waals surface area contributed by atoms with Gasteiger partial charge in [-0.2, -0.15) is 0 Å². The lowest BCUT2D eigenvalue weighted by atomic mass is 10.1. The summed E-state index contributed by atoms with van der Waals surface area (Å²) in [6.45, 7) is 2.83. The van der Waals surface area contributed by atoms with Crippen molar-refractivity contribution in [2.75, 3.05) is 32.8 Å². The predicted molar refractivity (Wildman–Crippen MR) is 64.4 cm³/mol. The molecule has 0 aliphatic carbocycles. The molecule has 2 atom stereocenters. The first-order chi connectivity index (χ1) is 8.35. The van der Waals surface area contributed by atoms with Crippen molar-refractivity contribution in [1.82, 2.24) is 9.88 Å². The van der Waals surface area contributed by atoms with Gasteiger partial charge in [0.25, 0.3) is 0 Å². The van der Waals surface area contributed by atoms with Gasteiger partial charge in [-0.3, -0.25) is 9.88 Å². The van der Waals surface area contributed by atoms with Crippen LogP contribution in [0.25, 0.3) is 0 Å².